The summed E-state index contributed by atoms with van der Waals surface area (Å²) in [6.07, 6.45) is 3.63. The molecule has 3 aromatic rings. The molecule has 0 unspecified atom stereocenters. The van der Waals surface area contributed by atoms with Gasteiger partial charge < -0.3 is 14.6 Å². The van der Waals surface area contributed by atoms with Crippen LogP contribution in [0.2, 0.25) is 0 Å². The van der Waals surface area contributed by atoms with Crippen LogP contribution < -0.4 is 9.47 Å². The predicted octanol–water partition coefficient (Wildman–Crippen LogP) is 6.62. The Morgan fingerprint density at radius 3 is 2.53 bits per heavy atom. The lowest BCUT2D eigenvalue weighted by Gasteiger charge is -2.17. The normalized spacial score (nSPS) is 14.2. The largest absolute Gasteiger partial charge is 0.497 e. The van der Waals surface area contributed by atoms with E-state index in [2.05, 4.69) is 0 Å². The number of ether oxygens (including phenoxy) is 2. The van der Waals surface area contributed by atoms with Crippen molar-refractivity contribution >= 4 is 15.8 Å². The Morgan fingerprint density at radius 2 is 1.84 bits per heavy atom. The smallest absolute Gasteiger partial charge is 0.303 e. The summed E-state index contributed by atoms with van der Waals surface area (Å²) in [5, 5.41) is 9.37. The van der Waals surface area contributed by atoms with Crippen LogP contribution in [-0.4, -0.2) is 32.4 Å². The number of rotatable bonds is 13. The minimum Gasteiger partial charge on any atom is -0.497 e. The number of carbonyl (C=O) groups is 1. The van der Waals surface area contributed by atoms with Crippen LogP contribution in [-0.2, 0) is 21.2 Å². The Morgan fingerprint density at radius 1 is 1.05 bits per heavy atom. The van der Waals surface area contributed by atoms with Gasteiger partial charge in [-0.25, -0.2) is 12.8 Å². The molecule has 1 N–H and O–H groups in total. The molecular formula is C30H33FO6S. The van der Waals surface area contributed by atoms with E-state index in [0.717, 1.165) is 24.8 Å². The molecule has 0 spiro atoms. The van der Waals surface area contributed by atoms with Crippen LogP contribution in [0.1, 0.15) is 56.1 Å². The number of benzene rings is 3. The molecule has 1 saturated carbocycles. The van der Waals surface area contributed by atoms with Crippen molar-refractivity contribution in [1.82, 2.24) is 0 Å². The molecule has 202 valence electrons. The average Bonchev–Trinajstić information content (AvgIpc) is 3.71. The summed E-state index contributed by atoms with van der Waals surface area (Å²) >= 11 is 0. The average molecular weight is 541 g/mol. The first-order valence-electron chi connectivity index (χ1n) is 12.8. The van der Waals surface area contributed by atoms with Crippen LogP contribution in [0.25, 0.3) is 11.1 Å². The summed E-state index contributed by atoms with van der Waals surface area (Å²) in [4.78, 5) is 11.5. The van der Waals surface area contributed by atoms with Crippen molar-refractivity contribution in [2.45, 2.75) is 56.4 Å². The number of carboxylic acid groups (broad SMARTS) is 1. The fourth-order valence-corrected chi connectivity index (χ4v) is 6.28. The van der Waals surface area contributed by atoms with Crippen molar-refractivity contribution in [2.24, 2.45) is 5.92 Å². The Balaban J connectivity index is 1.61. The molecule has 0 aromatic heterocycles. The lowest BCUT2D eigenvalue weighted by Crippen LogP contribution is -2.09. The van der Waals surface area contributed by atoms with E-state index in [4.69, 9.17) is 9.47 Å². The van der Waals surface area contributed by atoms with Gasteiger partial charge in [-0.05, 0) is 72.2 Å². The number of aliphatic carboxylic acids is 1. The van der Waals surface area contributed by atoms with E-state index in [0.29, 0.717) is 29.4 Å². The molecule has 38 heavy (non-hydrogen) atoms. The molecule has 0 radical (unpaired) electrons. The van der Waals surface area contributed by atoms with Crippen molar-refractivity contribution in [2.75, 3.05) is 12.9 Å². The number of methoxy groups -OCH3 is 1. The van der Waals surface area contributed by atoms with Gasteiger partial charge in [0.2, 0.25) is 0 Å². The number of hydrogen-bond acceptors (Lipinski definition) is 5. The van der Waals surface area contributed by atoms with Gasteiger partial charge in [0.05, 0.1) is 24.2 Å². The SMILES string of the molecule is CCCS(=O)(=O)c1cc(COc2cccc([C@H](CC(=O)O)CC3CC3)c2)ccc1-c1cc(OC)ccc1F. The zero-order chi connectivity index (χ0) is 27.3. The van der Waals surface area contributed by atoms with E-state index in [-0.39, 0.29) is 40.7 Å². The van der Waals surface area contributed by atoms with Gasteiger partial charge in [0.15, 0.2) is 9.84 Å². The third kappa shape index (κ3) is 6.92. The quantitative estimate of drug-likeness (QED) is 0.262. The van der Waals surface area contributed by atoms with Crippen LogP contribution in [0.5, 0.6) is 11.5 Å². The van der Waals surface area contributed by atoms with Crippen LogP contribution in [0.4, 0.5) is 4.39 Å². The maximum atomic E-state index is 14.8. The second-order valence-electron chi connectivity index (χ2n) is 9.83. The van der Waals surface area contributed by atoms with Crippen LogP contribution in [0.3, 0.4) is 0 Å². The molecule has 0 bridgehead atoms. The maximum absolute atomic E-state index is 14.8. The zero-order valence-electron chi connectivity index (χ0n) is 21.7. The van der Waals surface area contributed by atoms with E-state index in [1.165, 1.54) is 25.3 Å². The molecule has 8 heteroatoms. The highest BCUT2D eigenvalue weighted by atomic mass is 32.2. The molecule has 1 aliphatic rings. The minimum absolute atomic E-state index is 0.0484. The van der Waals surface area contributed by atoms with Crippen molar-refractivity contribution < 1.29 is 32.2 Å². The highest BCUT2D eigenvalue weighted by Crippen LogP contribution is 2.40. The second kappa shape index (κ2) is 12.0. The van der Waals surface area contributed by atoms with Crippen LogP contribution >= 0.6 is 0 Å². The minimum atomic E-state index is -3.68. The van der Waals surface area contributed by atoms with Gasteiger partial charge in [-0.1, -0.05) is 44.0 Å². The standard InChI is InChI=1S/C30H33FO6S/c1-3-13-38(34,35)29-15-21(9-11-26(29)27-18-24(36-2)10-12-28(27)31)19-37-25-6-4-5-22(16-25)23(17-30(32)33)14-20-7-8-20/h4-6,9-12,15-16,18,20,23H,3,7-8,13-14,17,19H2,1-2H3,(H,32,33)/t23-/m0/s1. The molecule has 3 aromatic carbocycles. The summed E-state index contributed by atoms with van der Waals surface area (Å²) < 4.78 is 52.3. The molecule has 0 aliphatic heterocycles. The Labute approximate surface area is 223 Å². The van der Waals surface area contributed by atoms with Crippen LogP contribution in [0, 0.1) is 11.7 Å². The predicted molar refractivity (Wildman–Crippen MR) is 144 cm³/mol. The number of sulfone groups is 1. The van der Waals surface area contributed by atoms with Gasteiger partial charge in [0.25, 0.3) is 0 Å². The first kappa shape index (κ1) is 27.6. The van der Waals surface area contributed by atoms with E-state index in [1.54, 1.807) is 31.2 Å². The highest BCUT2D eigenvalue weighted by Gasteiger charge is 2.28. The number of carboxylic acids is 1. The Hall–Kier alpha value is -3.39. The topological polar surface area (TPSA) is 89.9 Å². The molecule has 1 fully saturated rings. The van der Waals surface area contributed by atoms with Gasteiger partial charge in [-0.15, -0.1) is 0 Å². The van der Waals surface area contributed by atoms with Gasteiger partial charge in [-0.2, -0.15) is 0 Å². The van der Waals surface area contributed by atoms with Crippen molar-refractivity contribution in [3.05, 3.63) is 77.6 Å². The molecule has 0 amide bonds. The van der Waals surface area contributed by atoms with Crippen molar-refractivity contribution in [3.8, 4) is 22.6 Å². The summed E-state index contributed by atoms with van der Waals surface area (Å²) in [5.41, 5.74) is 1.97. The second-order valence-corrected chi connectivity index (χ2v) is 11.9. The molecule has 1 atom stereocenters. The fraction of sp³-hybridized carbons (Fsp3) is 0.367. The highest BCUT2D eigenvalue weighted by molar-refractivity contribution is 7.91. The first-order valence-corrected chi connectivity index (χ1v) is 14.5. The molecular weight excluding hydrogens is 507 g/mol. The summed E-state index contributed by atoms with van der Waals surface area (Å²) in [6, 6.07) is 16.6. The zero-order valence-corrected chi connectivity index (χ0v) is 22.5. The third-order valence-electron chi connectivity index (χ3n) is 6.79. The summed E-state index contributed by atoms with van der Waals surface area (Å²) in [5.74, 6) is 0.0814. The van der Waals surface area contributed by atoms with Crippen molar-refractivity contribution in [1.29, 1.82) is 0 Å². The van der Waals surface area contributed by atoms with Gasteiger partial charge in [0, 0.05) is 11.1 Å². The first-order chi connectivity index (χ1) is 18.2. The van der Waals surface area contributed by atoms with Gasteiger partial charge in [0.1, 0.15) is 23.9 Å². The van der Waals surface area contributed by atoms with Gasteiger partial charge in [-0.3, -0.25) is 4.79 Å². The molecule has 1 aliphatic carbocycles. The van der Waals surface area contributed by atoms with Gasteiger partial charge >= 0.3 is 5.97 Å². The molecule has 4 rings (SSSR count). The van der Waals surface area contributed by atoms with E-state index in [9.17, 15) is 22.7 Å². The third-order valence-corrected chi connectivity index (χ3v) is 8.74. The van der Waals surface area contributed by atoms with Crippen LogP contribution in [0.15, 0.2) is 65.6 Å². The molecule has 0 saturated heterocycles. The van der Waals surface area contributed by atoms with E-state index >= 15 is 0 Å². The summed E-state index contributed by atoms with van der Waals surface area (Å²) in [7, 11) is -2.22. The number of hydrogen-bond donors (Lipinski definition) is 1. The lowest BCUT2D eigenvalue weighted by atomic mass is 9.90. The van der Waals surface area contributed by atoms with E-state index < -0.39 is 21.6 Å². The number of halogens is 1. The van der Waals surface area contributed by atoms with Crippen molar-refractivity contribution in [3.63, 3.8) is 0 Å². The monoisotopic (exact) mass is 540 g/mol. The lowest BCUT2D eigenvalue weighted by molar-refractivity contribution is -0.137. The Kier molecular flexibility index (Phi) is 8.72. The maximum Gasteiger partial charge on any atom is 0.303 e. The fourth-order valence-electron chi connectivity index (χ4n) is 4.68. The molecule has 0 heterocycles. The summed E-state index contributed by atoms with van der Waals surface area (Å²) in [6.45, 7) is 1.88. The molecule has 6 nitrogen and oxygen atoms in total. The Bertz CT molecular complexity index is 1400. The van der Waals surface area contributed by atoms with E-state index in [1.807, 2.05) is 18.2 Å².